The van der Waals surface area contributed by atoms with Crippen LogP contribution in [0.2, 0.25) is 0 Å². The van der Waals surface area contributed by atoms with Crippen molar-refractivity contribution in [1.29, 1.82) is 0 Å². The molecule has 0 spiro atoms. The quantitative estimate of drug-likeness (QED) is 0.628. The summed E-state index contributed by atoms with van der Waals surface area (Å²) in [6.07, 6.45) is 1.32. The Bertz CT molecular complexity index is 250. The SMILES string of the molecule is CCOc1ncnc(N)c1N. The van der Waals surface area contributed by atoms with Gasteiger partial charge in [-0.25, -0.2) is 4.98 Å². The Hall–Kier alpha value is -1.52. The van der Waals surface area contributed by atoms with Gasteiger partial charge in [-0.3, -0.25) is 0 Å². The number of nitrogens with zero attached hydrogens (tertiary/aromatic N) is 2. The van der Waals surface area contributed by atoms with Crippen LogP contribution in [0.1, 0.15) is 6.92 Å². The van der Waals surface area contributed by atoms with Gasteiger partial charge in [-0.2, -0.15) is 4.98 Å². The van der Waals surface area contributed by atoms with Crippen LogP contribution in [0, 0.1) is 0 Å². The number of nitrogen functional groups attached to an aromatic ring is 2. The summed E-state index contributed by atoms with van der Waals surface area (Å²) in [5, 5.41) is 0. The first kappa shape index (κ1) is 7.59. The zero-order valence-electron chi connectivity index (χ0n) is 6.24. The molecule has 0 saturated carbocycles. The molecule has 1 heterocycles. The molecule has 0 radical (unpaired) electrons. The van der Waals surface area contributed by atoms with Gasteiger partial charge >= 0.3 is 0 Å². The van der Waals surface area contributed by atoms with Crippen molar-refractivity contribution < 1.29 is 4.74 Å². The molecule has 1 aromatic rings. The molecule has 0 aromatic carbocycles. The summed E-state index contributed by atoms with van der Waals surface area (Å²) in [7, 11) is 0. The second kappa shape index (κ2) is 3.05. The van der Waals surface area contributed by atoms with Crippen molar-refractivity contribution in [2.45, 2.75) is 6.92 Å². The molecule has 5 heteroatoms. The topological polar surface area (TPSA) is 87.0 Å². The first-order valence-corrected chi connectivity index (χ1v) is 3.24. The van der Waals surface area contributed by atoms with Gasteiger partial charge in [-0.15, -0.1) is 0 Å². The van der Waals surface area contributed by atoms with Crippen LogP contribution in [0.4, 0.5) is 11.5 Å². The van der Waals surface area contributed by atoms with Gasteiger partial charge in [0.2, 0.25) is 5.88 Å². The number of ether oxygens (including phenoxy) is 1. The molecule has 11 heavy (non-hydrogen) atoms. The van der Waals surface area contributed by atoms with Crippen LogP contribution in [0.15, 0.2) is 6.33 Å². The van der Waals surface area contributed by atoms with Crippen LogP contribution in [0.25, 0.3) is 0 Å². The zero-order chi connectivity index (χ0) is 8.27. The van der Waals surface area contributed by atoms with Crippen molar-refractivity contribution in [3.63, 3.8) is 0 Å². The minimum absolute atomic E-state index is 0.253. The van der Waals surface area contributed by atoms with Crippen LogP contribution < -0.4 is 16.2 Å². The van der Waals surface area contributed by atoms with Gasteiger partial charge in [0.05, 0.1) is 6.61 Å². The highest BCUT2D eigenvalue weighted by Crippen LogP contribution is 2.21. The Balaban J connectivity index is 2.96. The van der Waals surface area contributed by atoms with E-state index in [4.69, 9.17) is 16.2 Å². The van der Waals surface area contributed by atoms with Gasteiger partial charge in [0.1, 0.15) is 12.0 Å². The summed E-state index contributed by atoms with van der Waals surface area (Å²) in [6.45, 7) is 2.36. The summed E-state index contributed by atoms with van der Waals surface area (Å²) in [5.74, 6) is 0.600. The fraction of sp³-hybridized carbons (Fsp3) is 0.333. The molecule has 60 valence electrons. The molecule has 0 aliphatic heterocycles. The molecular formula is C6H10N4O. The molecule has 0 atom stereocenters. The van der Waals surface area contributed by atoms with Gasteiger partial charge < -0.3 is 16.2 Å². The molecule has 4 N–H and O–H groups in total. The largest absolute Gasteiger partial charge is 0.476 e. The lowest BCUT2D eigenvalue weighted by atomic mass is 10.5. The second-order valence-corrected chi connectivity index (χ2v) is 1.91. The third-order valence-corrected chi connectivity index (χ3v) is 1.16. The highest BCUT2D eigenvalue weighted by molar-refractivity contribution is 5.63. The van der Waals surface area contributed by atoms with E-state index in [1.54, 1.807) is 0 Å². The Morgan fingerprint density at radius 3 is 2.82 bits per heavy atom. The average Bonchev–Trinajstić information content (AvgIpc) is 1.99. The Morgan fingerprint density at radius 1 is 1.45 bits per heavy atom. The monoisotopic (exact) mass is 154 g/mol. The third kappa shape index (κ3) is 1.49. The lowest BCUT2D eigenvalue weighted by Crippen LogP contribution is -2.04. The van der Waals surface area contributed by atoms with E-state index in [1.165, 1.54) is 6.33 Å². The number of rotatable bonds is 2. The normalized spacial score (nSPS) is 9.55. The molecule has 0 aliphatic rings. The highest BCUT2D eigenvalue weighted by Gasteiger charge is 2.03. The Kier molecular flexibility index (Phi) is 2.10. The molecule has 0 unspecified atom stereocenters. The van der Waals surface area contributed by atoms with E-state index in [2.05, 4.69) is 9.97 Å². The second-order valence-electron chi connectivity index (χ2n) is 1.91. The molecular weight excluding hydrogens is 144 g/mol. The number of anilines is 2. The Morgan fingerprint density at radius 2 is 2.18 bits per heavy atom. The first-order chi connectivity index (χ1) is 5.25. The molecule has 0 aliphatic carbocycles. The van der Waals surface area contributed by atoms with Crippen molar-refractivity contribution in [3.05, 3.63) is 6.33 Å². The summed E-state index contributed by atoms with van der Waals surface area (Å²) in [4.78, 5) is 7.47. The maximum atomic E-state index is 5.49. The van der Waals surface area contributed by atoms with Gasteiger partial charge in [-0.05, 0) is 6.92 Å². The van der Waals surface area contributed by atoms with Crippen LogP contribution in [0.3, 0.4) is 0 Å². The van der Waals surface area contributed by atoms with Crippen LogP contribution in [-0.4, -0.2) is 16.6 Å². The lowest BCUT2D eigenvalue weighted by molar-refractivity contribution is 0.328. The van der Waals surface area contributed by atoms with E-state index < -0.39 is 0 Å². The van der Waals surface area contributed by atoms with E-state index in [1.807, 2.05) is 6.92 Å². The van der Waals surface area contributed by atoms with Crippen molar-refractivity contribution in [1.82, 2.24) is 9.97 Å². The summed E-state index contributed by atoms with van der Waals surface area (Å²) in [6, 6.07) is 0. The predicted octanol–water partition coefficient (Wildman–Crippen LogP) is 0.0397. The van der Waals surface area contributed by atoms with E-state index in [-0.39, 0.29) is 5.82 Å². The number of nitrogens with two attached hydrogens (primary N) is 2. The van der Waals surface area contributed by atoms with Crippen LogP contribution in [-0.2, 0) is 0 Å². The van der Waals surface area contributed by atoms with Crippen molar-refractivity contribution in [3.8, 4) is 5.88 Å². The summed E-state index contributed by atoms with van der Waals surface area (Å²) >= 11 is 0. The number of aromatic nitrogens is 2. The van der Waals surface area contributed by atoms with E-state index in [0.29, 0.717) is 18.2 Å². The average molecular weight is 154 g/mol. The molecule has 0 fully saturated rings. The fourth-order valence-electron chi connectivity index (χ4n) is 0.644. The van der Waals surface area contributed by atoms with Gasteiger partial charge in [0.15, 0.2) is 5.82 Å². The van der Waals surface area contributed by atoms with Crippen molar-refractivity contribution in [2.24, 2.45) is 0 Å². The van der Waals surface area contributed by atoms with Gasteiger partial charge in [-0.1, -0.05) is 0 Å². The Labute approximate surface area is 64.4 Å². The minimum atomic E-state index is 0.253. The smallest absolute Gasteiger partial charge is 0.242 e. The van der Waals surface area contributed by atoms with E-state index in [9.17, 15) is 0 Å². The molecule has 0 saturated heterocycles. The molecule has 1 rings (SSSR count). The van der Waals surface area contributed by atoms with Crippen LogP contribution in [0.5, 0.6) is 5.88 Å². The first-order valence-electron chi connectivity index (χ1n) is 3.24. The molecule has 5 nitrogen and oxygen atoms in total. The predicted molar refractivity (Wildman–Crippen MR) is 42.0 cm³/mol. The van der Waals surface area contributed by atoms with Crippen molar-refractivity contribution >= 4 is 11.5 Å². The molecule has 1 aromatic heterocycles. The lowest BCUT2D eigenvalue weighted by Gasteiger charge is -2.04. The summed E-state index contributed by atoms with van der Waals surface area (Å²) < 4.78 is 5.06. The maximum Gasteiger partial charge on any atom is 0.242 e. The number of hydrogen-bond acceptors (Lipinski definition) is 5. The van der Waals surface area contributed by atoms with E-state index >= 15 is 0 Å². The summed E-state index contributed by atoms with van der Waals surface area (Å²) in [5.41, 5.74) is 11.2. The fourth-order valence-corrected chi connectivity index (χ4v) is 0.644. The van der Waals surface area contributed by atoms with E-state index in [0.717, 1.165) is 0 Å². The van der Waals surface area contributed by atoms with Gasteiger partial charge in [0, 0.05) is 0 Å². The molecule has 0 bridgehead atoms. The maximum absolute atomic E-state index is 5.49. The zero-order valence-corrected chi connectivity index (χ0v) is 6.24. The minimum Gasteiger partial charge on any atom is -0.476 e. The molecule has 0 amide bonds. The van der Waals surface area contributed by atoms with Gasteiger partial charge in [0.25, 0.3) is 0 Å². The number of hydrogen-bond donors (Lipinski definition) is 2. The van der Waals surface area contributed by atoms with Crippen molar-refractivity contribution in [2.75, 3.05) is 18.1 Å². The highest BCUT2D eigenvalue weighted by atomic mass is 16.5. The standard InChI is InChI=1S/C6H10N4O/c1-2-11-6-4(7)5(8)9-3-10-6/h3H,2,7H2,1H3,(H2,8,9,10). The van der Waals surface area contributed by atoms with Crippen LogP contribution >= 0.6 is 0 Å². The third-order valence-electron chi connectivity index (χ3n) is 1.16.